The number of benzene rings is 1. The summed E-state index contributed by atoms with van der Waals surface area (Å²) in [6.45, 7) is 3.58. The number of alkyl halides is 1. The molecule has 0 radical (unpaired) electrons. The Morgan fingerprint density at radius 3 is 2.69 bits per heavy atom. The van der Waals surface area contributed by atoms with Crippen molar-refractivity contribution in [3.05, 3.63) is 42.3 Å². The molecule has 3 aromatic heterocycles. The van der Waals surface area contributed by atoms with Gasteiger partial charge in [-0.3, -0.25) is 0 Å². The molecule has 1 saturated heterocycles. The highest BCUT2D eigenvalue weighted by Crippen LogP contribution is 2.34. The fourth-order valence-electron chi connectivity index (χ4n) is 4.73. The van der Waals surface area contributed by atoms with E-state index < -0.39 is 6.17 Å². The van der Waals surface area contributed by atoms with E-state index in [9.17, 15) is 9.50 Å². The van der Waals surface area contributed by atoms with Crippen molar-refractivity contribution in [2.75, 3.05) is 18.0 Å². The molecular formula is C24H24FN5O2. The third-order valence-corrected chi connectivity index (χ3v) is 6.48. The molecule has 1 aliphatic carbocycles. The van der Waals surface area contributed by atoms with Crippen molar-refractivity contribution in [2.45, 2.75) is 44.4 Å². The van der Waals surface area contributed by atoms with E-state index in [2.05, 4.69) is 15.2 Å². The third kappa shape index (κ3) is 3.44. The maximum atomic E-state index is 13.1. The number of pyridine rings is 2. The van der Waals surface area contributed by atoms with Gasteiger partial charge in [0.05, 0.1) is 16.7 Å². The summed E-state index contributed by atoms with van der Waals surface area (Å²) in [5.74, 6) is 1.59. The number of fused-ring (bicyclic) bond motifs is 2. The molecule has 32 heavy (non-hydrogen) atoms. The van der Waals surface area contributed by atoms with Crippen LogP contribution in [-0.4, -0.2) is 51.4 Å². The monoisotopic (exact) mass is 433 g/mol. The normalized spacial score (nSPS) is 23.2. The van der Waals surface area contributed by atoms with Gasteiger partial charge in [-0.15, -0.1) is 0 Å². The van der Waals surface area contributed by atoms with Crippen molar-refractivity contribution in [1.29, 1.82) is 0 Å². The number of hydrogen-bond acceptors (Lipinski definition) is 7. The Morgan fingerprint density at radius 1 is 1.03 bits per heavy atom. The van der Waals surface area contributed by atoms with E-state index in [0.717, 1.165) is 36.4 Å². The first kappa shape index (κ1) is 19.4. The maximum Gasteiger partial charge on any atom is 0.192 e. The molecule has 4 aromatic rings. The first-order chi connectivity index (χ1) is 15.5. The first-order valence-electron chi connectivity index (χ1n) is 11.1. The van der Waals surface area contributed by atoms with E-state index in [1.807, 2.05) is 24.3 Å². The number of rotatable bonds is 4. The zero-order chi connectivity index (χ0) is 21.8. The predicted octanol–water partition coefficient (Wildman–Crippen LogP) is 4.12. The summed E-state index contributed by atoms with van der Waals surface area (Å²) in [4.78, 5) is 16.1. The Labute approximate surface area is 184 Å². The van der Waals surface area contributed by atoms with Gasteiger partial charge in [0.25, 0.3) is 0 Å². The molecule has 4 heterocycles. The van der Waals surface area contributed by atoms with Crippen LogP contribution in [0.5, 0.6) is 5.75 Å². The fourth-order valence-corrected chi connectivity index (χ4v) is 4.73. The Kier molecular flexibility index (Phi) is 4.50. The second kappa shape index (κ2) is 7.41. The average Bonchev–Trinajstić information content (AvgIpc) is 3.36. The summed E-state index contributed by atoms with van der Waals surface area (Å²) in [5, 5.41) is 14.1. The minimum Gasteiger partial charge on any atom is -0.507 e. The lowest BCUT2D eigenvalue weighted by Gasteiger charge is -2.33. The molecule has 0 spiro atoms. The minimum absolute atomic E-state index is 0.114. The van der Waals surface area contributed by atoms with E-state index in [4.69, 9.17) is 14.4 Å². The van der Waals surface area contributed by atoms with Gasteiger partial charge in [-0.05, 0) is 49.6 Å². The highest BCUT2D eigenvalue weighted by Gasteiger charge is 2.33. The molecule has 0 bridgehead atoms. The lowest BCUT2D eigenvalue weighted by Crippen LogP contribution is -2.48. The van der Waals surface area contributed by atoms with E-state index in [1.54, 1.807) is 19.1 Å². The zero-order valence-corrected chi connectivity index (χ0v) is 17.8. The lowest BCUT2D eigenvalue weighted by molar-refractivity contribution is 0.148. The number of aryl methyl sites for hydroxylation is 1. The molecule has 1 aliphatic heterocycles. The van der Waals surface area contributed by atoms with Gasteiger partial charge >= 0.3 is 0 Å². The summed E-state index contributed by atoms with van der Waals surface area (Å²) in [5.41, 5.74) is 4.05. The molecule has 1 atom stereocenters. The van der Waals surface area contributed by atoms with Crippen LogP contribution in [0.1, 0.15) is 25.2 Å². The molecule has 6 rings (SSSR count). The Balaban J connectivity index is 1.24. The molecule has 7 nitrogen and oxygen atoms in total. The highest BCUT2D eigenvalue weighted by molar-refractivity contribution is 5.86. The molecule has 2 N–H and O–H groups in total. The average molecular weight is 433 g/mol. The second-order valence-electron chi connectivity index (χ2n) is 8.84. The van der Waals surface area contributed by atoms with Crippen molar-refractivity contribution < 1.29 is 13.9 Å². The van der Waals surface area contributed by atoms with Crippen LogP contribution in [0.4, 0.5) is 10.2 Å². The number of halogens is 1. The Bertz CT molecular complexity index is 1320. The topological polar surface area (TPSA) is 87.3 Å². The summed E-state index contributed by atoms with van der Waals surface area (Å²) in [7, 11) is 0. The van der Waals surface area contributed by atoms with Gasteiger partial charge in [0.15, 0.2) is 11.5 Å². The van der Waals surface area contributed by atoms with E-state index in [0.29, 0.717) is 53.2 Å². The van der Waals surface area contributed by atoms with Crippen LogP contribution in [0, 0.1) is 6.92 Å². The molecular weight excluding hydrogens is 409 g/mol. The van der Waals surface area contributed by atoms with Crippen LogP contribution in [0.2, 0.25) is 0 Å². The predicted molar refractivity (Wildman–Crippen MR) is 121 cm³/mol. The van der Waals surface area contributed by atoms with Crippen molar-refractivity contribution in [1.82, 2.24) is 20.3 Å². The maximum absolute atomic E-state index is 13.1. The van der Waals surface area contributed by atoms with Gasteiger partial charge in [-0.2, -0.15) is 0 Å². The number of anilines is 1. The zero-order valence-electron chi connectivity index (χ0n) is 17.8. The molecule has 2 fully saturated rings. The highest BCUT2D eigenvalue weighted by atomic mass is 19.1. The minimum atomic E-state index is -0.631. The molecule has 8 heteroatoms. The Hall–Kier alpha value is -3.26. The van der Waals surface area contributed by atoms with Crippen molar-refractivity contribution >= 4 is 28.0 Å². The van der Waals surface area contributed by atoms with Crippen LogP contribution < -0.4 is 10.2 Å². The third-order valence-electron chi connectivity index (χ3n) is 6.48. The van der Waals surface area contributed by atoms with Crippen LogP contribution in [0.3, 0.4) is 0 Å². The molecule has 164 valence electrons. The van der Waals surface area contributed by atoms with Gasteiger partial charge in [-0.1, -0.05) is 0 Å². The number of aromatic hydroxyl groups is 1. The number of oxazole rings is 1. The van der Waals surface area contributed by atoms with Crippen LogP contribution in [0.15, 0.2) is 40.8 Å². The molecule has 1 aromatic carbocycles. The number of phenols is 1. The van der Waals surface area contributed by atoms with Crippen molar-refractivity contribution in [3.63, 3.8) is 0 Å². The van der Waals surface area contributed by atoms with E-state index in [-0.39, 0.29) is 5.75 Å². The largest absolute Gasteiger partial charge is 0.507 e. The molecule has 0 amide bonds. The number of nitrogens with zero attached hydrogens (tertiary/aromatic N) is 4. The van der Waals surface area contributed by atoms with Crippen LogP contribution >= 0.6 is 0 Å². The van der Waals surface area contributed by atoms with Gasteiger partial charge in [0.1, 0.15) is 23.3 Å². The Morgan fingerprint density at radius 2 is 1.84 bits per heavy atom. The van der Waals surface area contributed by atoms with Crippen LogP contribution in [0.25, 0.3) is 33.4 Å². The summed E-state index contributed by atoms with van der Waals surface area (Å²) in [6, 6.07) is 11.8. The molecule has 1 saturated carbocycles. The van der Waals surface area contributed by atoms with Crippen molar-refractivity contribution in [2.24, 2.45) is 0 Å². The molecule has 2 aliphatic rings. The first-order valence-corrected chi connectivity index (χ1v) is 11.1. The lowest BCUT2D eigenvalue weighted by atomic mass is 9.90. The standard InChI is InChI=1S/C24H24FN5O2/c1-13-26-21-11-22(31)17(10-23(21)32-13)18-2-3-20-19(28-18)4-5-24(29-20)30-7-6-15(12-30)27-16-8-14(25)9-16/h2-5,10-11,14-16,27,31H,6-9,12H2,1H3/t14-,15-,16+/m0/s1. The number of nitrogens with one attached hydrogen (secondary N) is 1. The molecule has 0 unspecified atom stereocenters. The van der Waals surface area contributed by atoms with Crippen molar-refractivity contribution in [3.8, 4) is 17.0 Å². The SMILES string of the molecule is Cc1nc2cc(O)c(-c3ccc4nc(N5CC[C@H](N[C@H]6C[C@@H](F)C6)C5)ccc4n3)cc2o1. The second-order valence-corrected chi connectivity index (χ2v) is 8.84. The van der Waals surface area contributed by atoms with Gasteiger partial charge in [0.2, 0.25) is 0 Å². The van der Waals surface area contributed by atoms with Gasteiger partial charge in [0, 0.05) is 43.7 Å². The summed E-state index contributed by atoms with van der Waals surface area (Å²) in [6.07, 6.45) is 1.68. The van der Waals surface area contributed by atoms with E-state index in [1.165, 1.54) is 0 Å². The smallest absolute Gasteiger partial charge is 0.192 e. The fraction of sp³-hybridized carbons (Fsp3) is 0.375. The summed E-state index contributed by atoms with van der Waals surface area (Å²) >= 11 is 0. The van der Waals surface area contributed by atoms with Gasteiger partial charge in [-0.25, -0.2) is 19.3 Å². The van der Waals surface area contributed by atoms with E-state index >= 15 is 0 Å². The number of aromatic nitrogens is 3. The van der Waals surface area contributed by atoms with Crippen LogP contribution in [-0.2, 0) is 0 Å². The quantitative estimate of drug-likeness (QED) is 0.501. The number of phenolic OH excluding ortho intramolecular Hbond substituents is 1. The van der Waals surface area contributed by atoms with Gasteiger partial charge < -0.3 is 19.7 Å². The number of hydrogen-bond donors (Lipinski definition) is 2. The summed E-state index contributed by atoms with van der Waals surface area (Å²) < 4.78 is 18.7.